The number of nitrogens with zero attached hydrogens (tertiary/aromatic N) is 2. The Labute approximate surface area is 212 Å². The summed E-state index contributed by atoms with van der Waals surface area (Å²) in [6, 6.07) is 5.67. The zero-order chi connectivity index (χ0) is 27.3. The lowest BCUT2D eigenvalue weighted by atomic mass is 9.99. The number of methoxy groups -OCH3 is 1. The van der Waals surface area contributed by atoms with E-state index in [0.717, 1.165) is 0 Å². The standard InChI is InChI=1S/C25H30N6O6/c1-13(2)10-19(31-18-8-7-15(37-4)12-16(18)29-22(31)21(26)33)24(35)30-17(20(32)25(36)27-3)11-14-6-5-9-28-23(14)34/h5-9,12-13,17,19H,10-11H2,1-4H3,(H2,26,33)(H,27,36)(H,28,34)(H,30,35)/t17-,19-/m0/s1. The number of nitrogens with one attached hydrogen (secondary N) is 3. The number of Topliss-reactive ketones (excluding diaryl/α,β-unsaturated/α-hetero) is 1. The number of H-pyrrole nitrogens is 1. The van der Waals surface area contributed by atoms with Crippen molar-refractivity contribution in [3.63, 3.8) is 0 Å². The topological polar surface area (TPSA) is 178 Å². The molecule has 2 aromatic heterocycles. The highest BCUT2D eigenvalue weighted by molar-refractivity contribution is 6.38. The van der Waals surface area contributed by atoms with Gasteiger partial charge in [0.2, 0.25) is 17.5 Å². The monoisotopic (exact) mass is 510 g/mol. The zero-order valence-electron chi connectivity index (χ0n) is 21.0. The third kappa shape index (κ3) is 6.02. The molecule has 3 rings (SSSR count). The Hall–Kier alpha value is -4.48. The minimum Gasteiger partial charge on any atom is -0.497 e. The molecular formula is C25H30N6O6. The Morgan fingerprint density at radius 3 is 2.51 bits per heavy atom. The molecule has 0 radical (unpaired) electrons. The first-order valence-electron chi connectivity index (χ1n) is 11.7. The van der Waals surface area contributed by atoms with Gasteiger partial charge in [-0.15, -0.1) is 0 Å². The molecular weight excluding hydrogens is 480 g/mol. The van der Waals surface area contributed by atoms with Crippen LogP contribution in [0.5, 0.6) is 5.75 Å². The van der Waals surface area contributed by atoms with Gasteiger partial charge in [-0.25, -0.2) is 4.98 Å². The molecule has 3 amide bonds. The highest BCUT2D eigenvalue weighted by Gasteiger charge is 2.33. The molecule has 0 bridgehead atoms. The highest BCUT2D eigenvalue weighted by atomic mass is 16.5. The van der Waals surface area contributed by atoms with Crippen molar-refractivity contribution in [1.82, 2.24) is 25.2 Å². The number of hydrogen-bond donors (Lipinski definition) is 4. The van der Waals surface area contributed by atoms with E-state index in [0.29, 0.717) is 16.8 Å². The van der Waals surface area contributed by atoms with E-state index in [9.17, 15) is 24.0 Å². The van der Waals surface area contributed by atoms with Crippen molar-refractivity contribution in [2.75, 3.05) is 14.2 Å². The van der Waals surface area contributed by atoms with Gasteiger partial charge in [-0.05, 0) is 30.5 Å². The molecule has 12 nitrogen and oxygen atoms in total. The number of hydrogen-bond acceptors (Lipinski definition) is 7. The molecule has 0 aliphatic heterocycles. The fourth-order valence-electron chi connectivity index (χ4n) is 4.07. The number of amides is 3. The summed E-state index contributed by atoms with van der Waals surface area (Å²) in [7, 11) is 2.78. The van der Waals surface area contributed by atoms with E-state index in [-0.39, 0.29) is 30.1 Å². The summed E-state index contributed by atoms with van der Waals surface area (Å²) in [4.78, 5) is 70.1. The Morgan fingerprint density at radius 2 is 1.92 bits per heavy atom. The Balaban J connectivity index is 2.08. The molecule has 2 atom stereocenters. The van der Waals surface area contributed by atoms with Crippen molar-refractivity contribution >= 4 is 34.5 Å². The summed E-state index contributed by atoms with van der Waals surface area (Å²) in [6.07, 6.45) is 1.48. The predicted octanol–water partition coefficient (Wildman–Crippen LogP) is 0.462. The first kappa shape index (κ1) is 27.1. The van der Waals surface area contributed by atoms with Gasteiger partial charge in [0, 0.05) is 31.3 Å². The molecule has 196 valence electrons. The average molecular weight is 511 g/mol. The second-order valence-electron chi connectivity index (χ2n) is 8.90. The normalized spacial score (nSPS) is 12.7. The van der Waals surface area contributed by atoms with Crippen LogP contribution in [-0.2, 0) is 20.8 Å². The highest BCUT2D eigenvalue weighted by Crippen LogP contribution is 2.28. The van der Waals surface area contributed by atoms with E-state index in [4.69, 9.17) is 10.5 Å². The molecule has 3 aromatic rings. The number of ketones is 1. The van der Waals surface area contributed by atoms with Gasteiger partial charge in [-0.3, -0.25) is 24.0 Å². The molecule has 0 fully saturated rings. The Kier molecular flexibility index (Phi) is 8.43. The van der Waals surface area contributed by atoms with E-state index in [1.54, 1.807) is 24.3 Å². The maximum absolute atomic E-state index is 13.7. The van der Waals surface area contributed by atoms with Gasteiger partial charge in [0.05, 0.1) is 18.1 Å². The number of aromatic nitrogens is 3. The minimum atomic E-state index is -1.34. The first-order chi connectivity index (χ1) is 17.6. The summed E-state index contributed by atoms with van der Waals surface area (Å²) < 4.78 is 6.67. The van der Waals surface area contributed by atoms with Crippen LogP contribution >= 0.6 is 0 Å². The zero-order valence-corrected chi connectivity index (χ0v) is 21.0. The largest absolute Gasteiger partial charge is 0.497 e. The lowest BCUT2D eigenvalue weighted by Gasteiger charge is -2.25. The van der Waals surface area contributed by atoms with Gasteiger partial charge in [0.25, 0.3) is 17.4 Å². The van der Waals surface area contributed by atoms with Gasteiger partial charge >= 0.3 is 0 Å². The van der Waals surface area contributed by atoms with Gasteiger partial charge in [0.1, 0.15) is 17.8 Å². The van der Waals surface area contributed by atoms with E-state index >= 15 is 0 Å². The number of ether oxygens (including phenoxy) is 1. The fraction of sp³-hybridized carbons (Fsp3) is 0.360. The molecule has 1 aromatic carbocycles. The number of aromatic amines is 1. The Morgan fingerprint density at radius 1 is 1.19 bits per heavy atom. The van der Waals surface area contributed by atoms with Gasteiger partial charge in [-0.2, -0.15) is 0 Å². The quantitative estimate of drug-likeness (QED) is 0.271. The van der Waals surface area contributed by atoms with Crippen LogP contribution in [0.15, 0.2) is 41.3 Å². The number of rotatable bonds is 11. The Bertz CT molecular complexity index is 1390. The van der Waals surface area contributed by atoms with Gasteiger partial charge in [-0.1, -0.05) is 19.9 Å². The van der Waals surface area contributed by atoms with E-state index < -0.39 is 41.1 Å². The lowest BCUT2D eigenvalue weighted by molar-refractivity contribution is -0.140. The second kappa shape index (κ2) is 11.5. The van der Waals surface area contributed by atoms with Crippen molar-refractivity contribution in [3.8, 4) is 5.75 Å². The average Bonchev–Trinajstić information content (AvgIpc) is 3.25. The van der Waals surface area contributed by atoms with Gasteiger partial charge < -0.3 is 30.7 Å². The molecule has 0 saturated carbocycles. The van der Waals surface area contributed by atoms with Crippen molar-refractivity contribution < 1.29 is 23.9 Å². The molecule has 0 spiro atoms. The summed E-state index contributed by atoms with van der Waals surface area (Å²) in [6.45, 7) is 3.78. The fourth-order valence-corrected chi connectivity index (χ4v) is 4.07. The number of nitrogens with two attached hydrogens (primary N) is 1. The number of imidazole rings is 1. The van der Waals surface area contributed by atoms with Crippen LogP contribution in [0.3, 0.4) is 0 Å². The van der Waals surface area contributed by atoms with Crippen LogP contribution < -0.4 is 26.7 Å². The number of likely N-dealkylation sites (N-methyl/N-ethyl adjacent to an activating group) is 1. The summed E-state index contributed by atoms with van der Waals surface area (Å²) in [5, 5.41) is 4.88. The van der Waals surface area contributed by atoms with Crippen LogP contribution in [0.4, 0.5) is 0 Å². The van der Waals surface area contributed by atoms with E-state index in [2.05, 4.69) is 20.6 Å². The van der Waals surface area contributed by atoms with Crippen molar-refractivity contribution in [1.29, 1.82) is 0 Å². The third-order valence-electron chi connectivity index (χ3n) is 5.83. The first-order valence-corrected chi connectivity index (χ1v) is 11.7. The summed E-state index contributed by atoms with van der Waals surface area (Å²) in [5.41, 5.74) is 6.23. The second-order valence-corrected chi connectivity index (χ2v) is 8.90. The van der Waals surface area contributed by atoms with E-state index in [1.807, 2.05) is 13.8 Å². The number of fused-ring (bicyclic) bond motifs is 1. The van der Waals surface area contributed by atoms with E-state index in [1.165, 1.54) is 31.0 Å². The molecule has 0 saturated heterocycles. The van der Waals surface area contributed by atoms with Crippen LogP contribution in [-0.4, -0.2) is 58.2 Å². The van der Waals surface area contributed by atoms with Crippen LogP contribution in [0.2, 0.25) is 0 Å². The van der Waals surface area contributed by atoms with Crippen molar-refractivity contribution in [2.45, 2.75) is 38.8 Å². The van der Waals surface area contributed by atoms with Crippen LogP contribution in [0.25, 0.3) is 11.0 Å². The van der Waals surface area contributed by atoms with Crippen molar-refractivity contribution in [3.05, 3.63) is 58.3 Å². The molecule has 37 heavy (non-hydrogen) atoms. The van der Waals surface area contributed by atoms with Gasteiger partial charge in [0.15, 0.2) is 0 Å². The SMILES string of the molecule is CNC(=O)C(=O)[C@H](Cc1ccc[nH]c1=O)NC(=O)[C@H](CC(C)C)n1c(C(N)=O)nc2cc(OC)ccc21. The maximum atomic E-state index is 13.7. The summed E-state index contributed by atoms with van der Waals surface area (Å²) in [5.74, 6) is -2.97. The maximum Gasteiger partial charge on any atom is 0.289 e. The summed E-state index contributed by atoms with van der Waals surface area (Å²) >= 11 is 0. The molecule has 0 unspecified atom stereocenters. The number of benzene rings is 1. The minimum absolute atomic E-state index is 0.0164. The predicted molar refractivity (Wildman–Crippen MR) is 135 cm³/mol. The lowest BCUT2D eigenvalue weighted by Crippen LogP contribution is -2.50. The number of pyridine rings is 1. The van der Waals surface area contributed by atoms with Crippen LogP contribution in [0, 0.1) is 5.92 Å². The molecule has 2 heterocycles. The molecule has 12 heteroatoms. The smallest absolute Gasteiger partial charge is 0.289 e. The molecule has 0 aliphatic rings. The van der Waals surface area contributed by atoms with Crippen LogP contribution in [0.1, 0.15) is 42.5 Å². The molecule has 0 aliphatic carbocycles. The molecule has 5 N–H and O–H groups in total. The van der Waals surface area contributed by atoms with Crippen molar-refractivity contribution in [2.24, 2.45) is 11.7 Å². The number of primary amides is 1. The number of carbonyl (C=O) groups is 4. The third-order valence-corrected chi connectivity index (χ3v) is 5.83. The number of carbonyl (C=O) groups excluding carboxylic acids is 4.